The van der Waals surface area contributed by atoms with Gasteiger partial charge in [-0.25, -0.2) is 0 Å². The molecule has 0 saturated carbocycles. The molecule has 11 heteroatoms. The van der Waals surface area contributed by atoms with Crippen LogP contribution in [0.5, 0.6) is 0 Å². The molecule has 4 rings (SSSR count). The van der Waals surface area contributed by atoms with E-state index in [2.05, 4.69) is 107 Å². The lowest BCUT2D eigenvalue weighted by Gasteiger charge is -2.27. The molecule has 0 saturated heterocycles. The Morgan fingerprint density at radius 1 is 0.880 bits per heavy atom. The molecule has 0 spiro atoms. The monoisotopic (exact) mass is 744 g/mol. The number of para-hydroxylation sites is 2. The Hall–Kier alpha value is -2.89. The van der Waals surface area contributed by atoms with E-state index in [1.54, 1.807) is 0 Å². The van der Waals surface area contributed by atoms with Crippen molar-refractivity contribution in [3.8, 4) is 0 Å². The fraction of sp³-hybridized carbons (Fsp3) is 0.487. The minimum atomic E-state index is -3.48. The molecule has 1 aliphatic heterocycles. The third-order valence-corrected chi connectivity index (χ3v) is 12.8. The molecule has 2 aromatic carbocycles. The van der Waals surface area contributed by atoms with Crippen LogP contribution in [0.4, 0.5) is 11.4 Å². The summed E-state index contributed by atoms with van der Waals surface area (Å²) in [5.74, 6) is 0.0282. The summed E-state index contributed by atoms with van der Waals surface area (Å²) < 4.78 is 56.1. The Morgan fingerprint density at radius 2 is 1.52 bits per heavy atom. The van der Waals surface area contributed by atoms with Gasteiger partial charge in [0.1, 0.15) is 0 Å². The van der Waals surface area contributed by atoms with Gasteiger partial charge in [0.25, 0.3) is 20.2 Å². The molecule has 1 heterocycles. The SMILES string of the molecule is COS(=O)(=O)CCCCNc1ccccc1C(C)(C)C/C=C/C1=C(Cl)C(=C/C=C2/N(CCCCS(=O)(=O)OC)c3ccccc3C2(C)C)/CC1. The molecular formula is C39H53ClN2O6S2. The van der Waals surface area contributed by atoms with Gasteiger partial charge in [-0.05, 0) is 90.8 Å². The van der Waals surface area contributed by atoms with Crippen LogP contribution >= 0.6 is 11.6 Å². The highest BCUT2D eigenvalue weighted by Gasteiger charge is 2.39. The van der Waals surface area contributed by atoms with Crippen LogP contribution in [0.1, 0.15) is 83.8 Å². The van der Waals surface area contributed by atoms with Crippen LogP contribution in [0.3, 0.4) is 0 Å². The van der Waals surface area contributed by atoms with Gasteiger partial charge in [0.05, 0.1) is 25.7 Å². The van der Waals surface area contributed by atoms with Crippen molar-refractivity contribution < 1.29 is 25.2 Å². The first-order valence-electron chi connectivity index (χ1n) is 17.4. The highest BCUT2D eigenvalue weighted by atomic mass is 35.5. The zero-order chi connectivity index (χ0) is 36.6. The van der Waals surface area contributed by atoms with E-state index in [0.29, 0.717) is 32.4 Å². The van der Waals surface area contributed by atoms with Gasteiger partial charge in [0.15, 0.2) is 0 Å². The summed E-state index contributed by atoms with van der Waals surface area (Å²) in [5, 5.41) is 4.31. The fourth-order valence-corrected chi connectivity index (χ4v) is 8.51. The molecule has 2 aromatic rings. The topological polar surface area (TPSA) is 102 Å². The number of allylic oxidation sites excluding steroid dienone is 8. The van der Waals surface area contributed by atoms with Crippen LogP contribution in [0.25, 0.3) is 0 Å². The van der Waals surface area contributed by atoms with Gasteiger partial charge in [0.2, 0.25) is 0 Å². The van der Waals surface area contributed by atoms with Crippen LogP contribution < -0.4 is 10.2 Å². The lowest BCUT2D eigenvalue weighted by atomic mass is 9.80. The predicted octanol–water partition coefficient (Wildman–Crippen LogP) is 8.73. The molecule has 0 radical (unpaired) electrons. The lowest BCUT2D eigenvalue weighted by molar-refractivity contribution is 0.395. The van der Waals surface area contributed by atoms with Crippen molar-refractivity contribution in [2.45, 2.75) is 83.5 Å². The summed E-state index contributed by atoms with van der Waals surface area (Å²) in [6, 6.07) is 16.7. The van der Waals surface area contributed by atoms with E-state index in [1.165, 1.54) is 31.0 Å². The Balaban J connectivity index is 1.44. The average molecular weight is 745 g/mol. The van der Waals surface area contributed by atoms with Crippen molar-refractivity contribution in [2.24, 2.45) is 0 Å². The summed E-state index contributed by atoms with van der Waals surface area (Å²) in [4.78, 5) is 2.32. The van der Waals surface area contributed by atoms with Crippen LogP contribution in [-0.4, -0.2) is 55.7 Å². The van der Waals surface area contributed by atoms with E-state index in [4.69, 9.17) is 11.6 Å². The summed E-state index contributed by atoms with van der Waals surface area (Å²) in [5.41, 5.74) is 7.73. The number of nitrogens with zero attached hydrogens (tertiary/aromatic N) is 1. The number of hydrogen-bond acceptors (Lipinski definition) is 8. The predicted molar refractivity (Wildman–Crippen MR) is 207 cm³/mol. The van der Waals surface area contributed by atoms with Crippen LogP contribution in [0.2, 0.25) is 0 Å². The second-order valence-electron chi connectivity index (χ2n) is 14.1. The Bertz CT molecular complexity index is 1840. The second kappa shape index (κ2) is 17.1. The Morgan fingerprint density at radius 3 is 2.22 bits per heavy atom. The molecule has 0 fully saturated rings. The zero-order valence-electron chi connectivity index (χ0n) is 30.3. The normalized spacial score (nSPS) is 18.2. The van der Waals surface area contributed by atoms with E-state index < -0.39 is 20.2 Å². The molecule has 1 N–H and O–H groups in total. The number of anilines is 2. The second-order valence-corrected chi connectivity index (χ2v) is 18.2. The molecule has 0 bridgehead atoms. The standard InChI is InChI=1S/C39H53ClN2O6S2/c1-38(2,32-17-7-9-19-34(32)41-26-11-13-28-49(43,44)47-5)25-15-16-30-21-22-31(37(30)40)23-24-36-39(3,4)33-18-8-10-20-35(33)42(36)27-12-14-29-50(45,46)48-6/h7-10,15-20,23-24,41H,11-14,21-22,25-29H2,1-6H3/b16-15+,31-23+,36-24+. The molecule has 50 heavy (non-hydrogen) atoms. The molecule has 0 atom stereocenters. The first-order valence-corrected chi connectivity index (χ1v) is 20.9. The Kier molecular flexibility index (Phi) is 13.6. The molecular weight excluding hydrogens is 692 g/mol. The summed E-state index contributed by atoms with van der Waals surface area (Å²) >= 11 is 6.99. The fourth-order valence-electron chi connectivity index (χ4n) is 6.74. The molecule has 2 aliphatic rings. The number of halogens is 1. The molecule has 8 nitrogen and oxygen atoms in total. The van der Waals surface area contributed by atoms with Crippen LogP contribution in [-0.2, 0) is 39.4 Å². The zero-order valence-corrected chi connectivity index (χ0v) is 32.7. The van der Waals surface area contributed by atoms with Crippen LogP contribution in [0.15, 0.2) is 94.7 Å². The highest BCUT2D eigenvalue weighted by Crippen LogP contribution is 2.48. The van der Waals surface area contributed by atoms with Crippen molar-refractivity contribution in [2.75, 3.05) is 49.0 Å². The van der Waals surface area contributed by atoms with Crippen LogP contribution in [0, 0.1) is 0 Å². The van der Waals surface area contributed by atoms with Crippen molar-refractivity contribution in [3.63, 3.8) is 0 Å². The number of fused-ring (bicyclic) bond motifs is 1. The van der Waals surface area contributed by atoms with E-state index in [9.17, 15) is 16.8 Å². The smallest absolute Gasteiger partial charge is 0.267 e. The molecule has 0 aromatic heterocycles. The summed E-state index contributed by atoms with van der Waals surface area (Å²) in [7, 11) is -4.50. The number of hydrogen-bond donors (Lipinski definition) is 1. The number of benzene rings is 2. The largest absolute Gasteiger partial charge is 0.385 e. The minimum Gasteiger partial charge on any atom is -0.385 e. The summed E-state index contributed by atoms with van der Waals surface area (Å²) in [6.45, 7) is 10.3. The summed E-state index contributed by atoms with van der Waals surface area (Å²) in [6.07, 6.45) is 13.8. The Labute approximate surface area is 305 Å². The molecule has 274 valence electrons. The van der Waals surface area contributed by atoms with Gasteiger partial charge < -0.3 is 10.2 Å². The van der Waals surface area contributed by atoms with E-state index in [-0.39, 0.29) is 22.3 Å². The van der Waals surface area contributed by atoms with Gasteiger partial charge in [-0.1, -0.05) is 93.9 Å². The first kappa shape index (κ1) is 39.9. The first-order chi connectivity index (χ1) is 23.6. The van der Waals surface area contributed by atoms with E-state index in [0.717, 1.165) is 53.2 Å². The maximum absolute atomic E-state index is 11.8. The lowest BCUT2D eigenvalue weighted by Crippen LogP contribution is -2.27. The van der Waals surface area contributed by atoms with Crippen molar-refractivity contribution in [1.29, 1.82) is 0 Å². The van der Waals surface area contributed by atoms with Gasteiger partial charge in [-0.2, -0.15) is 16.8 Å². The average Bonchev–Trinajstić information content (AvgIpc) is 3.53. The van der Waals surface area contributed by atoms with Gasteiger partial charge in [-0.15, -0.1) is 0 Å². The van der Waals surface area contributed by atoms with E-state index in [1.807, 2.05) is 12.1 Å². The maximum atomic E-state index is 11.8. The minimum absolute atomic E-state index is 0.00825. The third-order valence-electron chi connectivity index (χ3n) is 9.74. The van der Waals surface area contributed by atoms with Crippen molar-refractivity contribution >= 4 is 43.2 Å². The molecule has 1 aliphatic carbocycles. The quantitative estimate of drug-likeness (QED) is 0.120. The van der Waals surface area contributed by atoms with Crippen molar-refractivity contribution in [1.82, 2.24) is 0 Å². The maximum Gasteiger partial charge on any atom is 0.267 e. The number of rotatable bonds is 18. The van der Waals surface area contributed by atoms with Crippen molar-refractivity contribution in [3.05, 3.63) is 106 Å². The highest BCUT2D eigenvalue weighted by molar-refractivity contribution is 7.86. The van der Waals surface area contributed by atoms with Gasteiger partial charge in [0, 0.05) is 40.6 Å². The van der Waals surface area contributed by atoms with Gasteiger partial charge >= 0.3 is 0 Å². The molecule has 0 amide bonds. The third kappa shape index (κ3) is 10.1. The number of unbranched alkanes of at least 4 members (excludes halogenated alkanes) is 2. The van der Waals surface area contributed by atoms with Gasteiger partial charge in [-0.3, -0.25) is 8.37 Å². The number of nitrogens with one attached hydrogen (secondary N) is 1. The van der Waals surface area contributed by atoms with E-state index >= 15 is 0 Å². The molecule has 0 unspecified atom stereocenters.